The Hall–Kier alpha value is -2.45. The molecule has 0 aliphatic carbocycles. The van der Waals surface area contributed by atoms with Gasteiger partial charge in [0, 0.05) is 37.4 Å². The van der Waals surface area contributed by atoms with Crippen LogP contribution < -0.4 is 0 Å². The second-order valence-electron chi connectivity index (χ2n) is 6.97. The predicted octanol–water partition coefficient (Wildman–Crippen LogP) is 4.47. The molecule has 8 nitrogen and oxygen atoms in total. The lowest BCUT2D eigenvalue weighted by atomic mass is 10.0. The monoisotopic (exact) mass is 472 g/mol. The van der Waals surface area contributed by atoms with Crippen LogP contribution >= 0.6 is 0 Å². The SMILES string of the molecule is C=C(CCO)C(=O)OCCOCCCC.C=CC(=O)O.C=CC(=O)OCC(CC)CCCC. The molecule has 0 aromatic heterocycles. The van der Waals surface area contributed by atoms with E-state index in [1.165, 1.54) is 18.9 Å². The number of aliphatic hydroxyl groups excluding tert-OH is 1. The van der Waals surface area contributed by atoms with Crippen LogP contribution in [-0.2, 0) is 28.6 Å². The summed E-state index contributed by atoms with van der Waals surface area (Å²) in [6.07, 6.45) is 9.05. The number of aliphatic carboxylic acids is 1. The van der Waals surface area contributed by atoms with Crippen LogP contribution in [-0.4, -0.2) is 61.2 Å². The number of hydrogen-bond acceptors (Lipinski definition) is 7. The Kier molecular flexibility index (Phi) is 29.4. The molecule has 0 amide bonds. The standard InChI is InChI=1S/C11H20O4.C11H20O2.C3H4O2/c1-3-4-7-14-8-9-15-11(13)10(2)5-6-12;1-4-7-8-10(5-2)9-13-11(12)6-3;1-2-3(4)5/h12H,2-9H2,1H3;6,10H,3-5,7-9H2,1-2H3;2H,1H2,(H,4,5). The number of carbonyl (C=O) groups excluding carboxylic acids is 2. The molecule has 0 aromatic carbocycles. The van der Waals surface area contributed by atoms with E-state index in [9.17, 15) is 14.4 Å². The van der Waals surface area contributed by atoms with Crippen molar-refractivity contribution in [2.75, 3.05) is 33.0 Å². The molecule has 2 N–H and O–H groups in total. The van der Waals surface area contributed by atoms with Crippen LogP contribution in [0.15, 0.2) is 37.5 Å². The first kappa shape index (κ1) is 35.1. The summed E-state index contributed by atoms with van der Waals surface area (Å²) in [5.41, 5.74) is 0.297. The summed E-state index contributed by atoms with van der Waals surface area (Å²) in [5, 5.41) is 16.2. The summed E-state index contributed by atoms with van der Waals surface area (Å²) >= 11 is 0. The van der Waals surface area contributed by atoms with Crippen molar-refractivity contribution in [3.8, 4) is 0 Å². The fourth-order valence-corrected chi connectivity index (χ4v) is 2.04. The van der Waals surface area contributed by atoms with Crippen molar-refractivity contribution in [1.82, 2.24) is 0 Å². The normalized spacial score (nSPS) is 10.3. The molecule has 0 rings (SSSR count). The molecule has 0 aliphatic heterocycles. The number of aliphatic hydroxyl groups is 1. The summed E-state index contributed by atoms with van der Waals surface area (Å²) in [6, 6.07) is 0. The number of ether oxygens (including phenoxy) is 3. The minimum Gasteiger partial charge on any atom is -0.478 e. The fraction of sp³-hybridized carbons (Fsp3) is 0.640. The van der Waals surface area contributed by atoms with Gasteiger partial charge >= 0.3 is 17.9 Å². The summed E-state index contributed by atoms with van der Waals surface area (Å²) in [7, 11) is 0. The number of hydrogen-bond donors (Lipinski definition) is 2. The highest BCUT2D eigenvalue weighted by Crippen LogP contribution is 2.12. The smallest absolute Gasteiger partial charge is 0.333 e. The fourth-order valence-electron chi connectivity index (χ4n) is 2.04. The molecule has 8 heteroatoms. The van der Waals surface area contributed by atoms with E-state index in [0.29, 0.717) is 31.3 Å². The number of carbonyl (C=O) groups is 3. The Labute approximate surface area is 199 Å². The third kappa shape index (κ3) is 29.6. The Balaban J connectivity index is -0.000000456. The Bertz CT molecular complexity index is 543. The predicted molar refractivity (Wildman–Crippen MR) is 130 cm³/mol. The highest BCUT2D eigenvalue weighted by molar-refractivity contribution is 5.87. The molecule has 0 fully saturated rings. The Morgan fingerprint density at radius 3 is 2.00 bits per heavy atom. The second kappa shape index (κ2) is 27.6. The zero-order valence-corrected chi connectivity index (χ0v) is 20.7. The van der Waals surface area contributed by atoms with Gasteiger partial charge in [-0.15, -0.1) is 0 Å². The van der Waals surface area contributed by atoms with Gasteiger partial charge in [-0.05, 0) is 18.8 Å². The first-order valence-corrected chi connectivity index (χ1v) is 11.4. The van der Waals surface area contributed by atoms with Crippen molar-refractivity contribution in [1.29, 1.82) is 0 Å². The van der Waals surface area contributed by atoms with E-state index in [1.807, 2.05) is 0 Å². The van der Waals surface area contributed by atoms with Crippen LogP contribution in [0, 0.1) is 5.92 Å². The third-order valence-corrected chi connectivity index (χ3v) is 4.15. The molecule has 0 saturated heterocycles. The van der Waals surface area contributed by atoms with E-state index >= 15 is 0 Å². The van der Waals surface area contributed by atoms with Crippen molar-refractivity contribution < 1.29 is 38.8 Å². The van der Waals surface area contributed by atoms with Crippen molar-refractivity contribution in [2.45, 2.75) is 65.7 Å². The van der Waals surface area contributed by atoms with E-state index in [1.54, 1.807) is 0 Å². The lowest BCUT2D eigenvalue weighted by Crippen LogP contribution is -2.13. The van der Waals surface area contributed by atoms with E-state index in [4.69, 9.17) is 24.4 Å². The van der Waals surface area contributed by atoms with Crippen LogP contribution in [0.2, 0.25) is 0 Å². The van der Waals surface area contributed by atoms with Crippen LogP contribution in [0.1, 0.15) is 65.7 Å². The highest BCUT2D eigenvalue weighted by Gasteiger charge is 2.08. The van der Waals surface area contributed by atoms with Crippen LogP contribution in [0.5, 0.6) is 0 Å². The first-order valence-electron chi connectivity index (χ1n) is 11.4. The largest absolute Gasteiger partial charge is 0.478 e. The maximum Gasteiger partial charge on any atom is 0.333 e. The zero-order chi connectivity index (χ0) is 25.9. The average Bonchev–Trinajstić information content (AvgIpc) is 2.81. The molecule has 0 heterocycles. The van der Waals surface area contributed by atoms with Gasteiger partial charge in [-0.3, -0.25) is 0 Å². The molecule has 1 unspecified atom stereocenters. The van der Waals surface area contributed by atoms with Gasteiger partial charge in [0.15, 0.2) is 0 Å². The van der Waals surface area contributed by atoms with E-state index in [0.717, 1.165) is 31.8 Å². The van der Waals surface area contributed by atoms with Crippen molar-refractivity contribution >= 4 is 17.9 Å². The maximum absolute atomic E-state index is 11.1. The lowest BCUT2D eigenvalue weighted by Gasteiger charge is -2.13. The van der Waals surface area contributed by atoms with Crippen molar-refractivity contribution in [3.63, 3.8) is 0 Å². The average molecular weight is 473 g/mol. The van der Waals surface area contributed by atoms with Crippen LogP contribution in [0.25, 0.3) is 0 Å². The van der Waals surface area contributed by atoms with Gasteiger partial charge in [0.05, 0.1) is 13.2 Å². The molecule has 0 spiro atoms. The quantitative estimate of drug-likeness (QED) is 0.181. The molecule has 33 heavy (non-hydrogen) atoms. The van der Waals surface area contributed by atoms with Gasteiger partial charge in [0.1, 0.15) is 6.61 Å². The lowest BCUT2D eigenvalue weighted by molar-refractivity contribution is -0.141. The number of carboxylic acids is 1. The first-order chi connectivity index (χ1) is 15.7. The van der Waals surface area contributed by atoms with E-state index in [-0.39, 0.29) is 25.6 Å². The summed E-state index contributed by atoms with van der Waals surface area (Å²) in [4.78, 5) is 31.1. The van der Waals surface area contributed by atoms with E-state index < -0.39 is 11.9 Å². The number of esters is 2. The van der Waals surface area contributed by atoms with Gasteiger partial charge in [0.2, 0.25) is 0 Å². The molecule has 0 radical (unpaired) electrons. The number of rotatable bonds is 17. The number of unbranched alkanes of at least 4 members (excludes halogenated alkanes) is 2. The van der Waals surface area contributed by atoms with Crippen molar-refractivity contribution in [3.05, 3.63) is 37.5 Å². The van der Waals surface area contributed by atoms with Gasteiger partial charge in [-0.2, -0.15) is 0 Å². The second-order valence-corrected chi connectivity index (χ2v) is 6.97. The molecule has 1 atom stereocenters. The summed E-state index contributed by atoms with van der Waals surface area (Å²) < 4.78 is 15.1. The molecule has 0 bridgehead atoms. The minimum absolute atomic E-state index is 0.0824. The highest BCUT2D eigenvalue weighted by atomic mass is 16.6. The van der Waals surface area contributed by atoms with Crippen LogP contribution in [0.3, 0.4) is 0 Å². The van der Waals surface area contributed by atoms with Gasteiger partial charge < -0.3 is 24.4 Å². The molecule has 0 saturated carbocycles. The number of carboxylic acid groups (broad SMARTS) is 1. The molecular weight excluding hydrogens is 428 g/mol. The molecule has 192 valence electrons. The van der Waals surface area contributed by atoms with Gasteiger partial charge in [0.25, 0.3) is 0 Å². The Morgan fingerprint density at radius 2 is 1.55 bits per heavy atom. The van der Waals surface area contributed by atoms with Crippen molar-refractivity contribution in [2.24, 2.45) is 5.92 Å². The zero-order valence-electron chi connectivity index (χ0n) is 20.7. The van der Waals surface area contributed by atoms with Gasteiger partial charge in [-0.1, -0.05) is 66.2 Å². The molecule has 0 aliphatic rings. The van der Waals surface area contributed by atoms with E-state index in [2.05, 4.69) is 40.5 Å². The van der Waals surface area contributed by atoms with Crippen LogP contribution in [0.4, 0.5) is 0 Å². The maximum atomic E-state index is 11.1. The summed E-state index contributed by atoms with van der Waals surface area (Å²) in [5.74, 6) is -1.23. The summed E-state index contributed by atoms with van der Waals surface area (Å²) in [6.45, 7) is 18.0. The van der Waals surface area contributed by atoms with Gasteiger partial charge in [-0.25, -0.2) is 14.4 Å². The third-order valence-electron chi connectivity index (χ3n) is 4.15. The topological polar surface area (TPSA) is 119 Å². The molecular formula is C25H44O8. The Morgan fingerprint density at radius 1 is 0.939 bits per heavy atom. The minimum atomic E-state index is -0.981. The molecule has 0 aromatic rings.